The molecule has 1 saturated carbocycles. The van der Waals surface area contributed by atoms with E-state index in [1.54, 1.807) is 0 Å². The normalized spacial score (nSPS) is 26.2. The van der Waals surface area contributed by atoms with Gasteiger partial charge < -0.3 is 0 Å². The Labute approximate surface area is 95.4 Å². The zero-order valence-electron chi connectivity index (χ0n) is 8.66. The van der Waals surface area contributed by atoms with Crippen molar-refractivity contribution < 1.29 is 4.79 Å². The van der Waals surface area contributed by atoms with Crippen molar-refractivity contribution in [3.05, 3.63) is 35.9 Å². The lowest BCUT2D eigenvalue weighted by atomic mass is 9.83. The van der Waals surface area contributed by atoms with Crippen LogP contribution in [-0.4, -0.2) is 11.2 Å². The number of Topliss-reactive ketones (excluding diaryl/α,β-unsaturated/α-hetero) is 1. The van der Waals surface area contributed by atoms with Gasteiger partial charge in [-0.1, -0.05) is 36.8 Å². The van der Waals surface area contributed by atoms with Gasteiger partial charge in [0.25, 0.3) is 0 Å². The molecule has 1 fully saturated rings. The Morgan fingerprint density at radius 2 is 1.93 bits per heavy atom. The van der Waals surface area contributed by atoms with E-state index in [-0.39, 0.29) is 17.1 Å². The molecule has 0 bridgehead atoms. The minimum Gasteiger partial charge on any atom is -0.294 e. The Morgan fingerprint density at radius 3 is 2.60 bits per heavy atom. The molecule has 80 valence electrons. The summed E-state index contributed by atoms with van der Waals surface area (Å²) in [6.45, 7) is 0. The first-order valence-corrected chi connectivity index (χ1v) is 5.94. The molecule has 0 N–H and O–H groups in total. The van der Waals surface area contributed by atoms with Crippen LogP contribution in [0.3, 0.4) is 0 Å². The minimum absolute atomic E-state index is 0.142. The fraction of sp³-hybridized carbons (Fsp3) is 0.462. The van der Waals surface area contributed by atoms with Gasteiger partial charge in [-0.05, 0) is 19.3 Å². The van der Waals surface area contributed by atoms with Crippen LogP contribution in [0.2, 0.25) is 0 Å². The zero-order chi connectivity index (χ0) is 10.7. The van der Waals surface area contributed by atoms with E-state index >= 15 is 0 Å². The minimum atomic E-state index is 0.142. The number of hydrogen-bond donors (Lipinski definition) is 0. The summed E-state index contributed by atoms with van der Waals surface area (Å²) in [5.41, 5.74) is 0.827. The molecule has 2 rings (SSSR count). The first-order chi connectivity index (χ1) is 7.27. The van der Waals surface area contributed by atoms with Gasteiger partial charge in [0.2, 0.25) is 0 Å². The number of benzene rings is 1. The summed E-state index contributed by atoms with van der Waals surface area (Å²) in [6, 6.07) is 9.53. The van der Waals surface area contributed by atoms with Crippen molar-refractivity contribution in [1.29, 1.82) is 0 Å². The van der Waals surface area contributed by atoms with Crippen molar-refractivity contribution in [2.24, 2.45) is 5.92 Å². The maximum Gasteiger partial charge on any atom is 0.165 e. The van der Waals surface area contributed by atoms with Gasteiger partial charge in [-0.3, -0.25) is 4.79 Å². The smallest absolute Gasteiger partial charge is 0.165 e. The fourth-order valence-corrected chi connectivity index (χ4v) is 2.58. The third-order valence-electron chi connectivity index (χ3n) is 3.04. The number of carbonyl (C=O) groups is 1. The van der Waals surface area contributed by atoms with Crippen molar-refractivity contribution >= 4 is 17.4 Å². The molecule has 1 aliphatic rings. The van der Waals surface area contributed by atoms with Crippen LogP contribution in [-0.2, 0) is 0 Å². The van der Waals surface area contributed by atoms with Gasteiger partial charge in [-0.2, -0.15) is 0 Å². The van der Waals surface area contributed by atoms with Crippen LogP contribution >= 0.6 is 11.6 Å². The largest absolute Gasteiger partial charge is 0.294 e. The number of halogens is 1. The molecule has 1 nitrogen and oxygen atoms in total. The zero-order valence-corrected chi connectivity index (χ0v) is 9.41. The fourth-order valence-electron chi connectivity index (χ4n) is 2.21. The number of alkyl halides is 1. The van der Waals surface area contributed by atoms with E-state index in [0.717, 1.165) is 31.2 Å². The third-order valence-corrected chi connectivity index (χ3v) is 3.44. The highest BCUT2D eigenvalue weighted by atomic mass is 35.5. The maximum atomic E-state index is 12.1. The van der Waals surface area contributed by atoms with Crippen molar-refractivity contribution in [2.45, 2.75) is 31.1 Å². The van der Waals surface area contributed by atoms with E-state index in [0.29, 0.717) is 0 Å². The Kier molecular flexibility index (Phi) is 3.42. The molecule has 2 unspecified atom stereocenters. The molecule has 0 saturated heterocycles. The predicted octanol–water partition coefficient (Wildman–Crippen LogP) is 3.67. The van der Waals surface area contributed by atoms with Crippen LogP contribution in [0.25, 0.3) is 0 Å². The van der Waals surface area contributed by atoms with Crippen molar-refractivity contribution in [2.75, 3.05) is 0 Å². The first kappa shape index (κ1) is 10.7. The molecule has 1 aliphatic carbocycles. The molecule has 2 atom stereocenters. The molecule has 0 amide bonds. The van der Waals surface area contributed by atoms with Gasteiger partial charge in [0, 0.05) is 16.9 Å². The number of hydrogen-bond acceptors (Lipinski definition) is 1. The third kappa shape index (κ3) is 2.60. The maximum absolute atomic E-state index is 12.1. The van der Waals surface area contributed by atoms with Crippen LogP contribution < -0.4 is 0 Å². The number of ketones is 1. The molecule has 0 spiro atoms. The van der Waals surface area contributed by atoms with Crippen LogP contribution in [0.4, 0.5) is 0 Å². The van der Waals surface area contributed by atoms with E-state index in [9.17, 15) is 4.79 Å². The lowest BCUT2D eigenvalue weighted by Gasteiger charge is -2.24. The molecular formula is C13H15ClO. The number of carbonyl (C=O) groups excluding carboxylic acids is 1. The Hall–Kier alpha value is -0.820. The molecule has 15 heavy (non-hydrogen) atoms. The summed E-state index contributed by atoms with van der Waals surface area (Å²) in [6.07, 6.45) is 3.98. The Balaban J connectivity index is 2.08. The van der Waals surface area contributed by atoms with Crippen molar-refractivity contribution in [3.63, 3.8) is 0 Å². The van der Waals surface area contributed by atoms with Gasteiger partial charge >= 0.3 is 0 Å². The molecule has 0 aromatic heterocycles. The monoisotopic (exact) mass is 222 g/mol. The molecule has 0 aliphatic heterocycles. The van der Waals surface area contributed by atoms with Crippen LogP contribution in [0, 0.1) is 5.92 Å². The SMILES string of the molecule is O=C(c1ccccc1)C1CCCC(Cl)C1. The molecule has 1 aromatic carbocycles. The van der Waals surface area contributed by atoms with E-state index in [2.05, 4.69) is 0 Å². The average Bonchev–Trinajstić information content (AvgIpc) is 2.29. The van der Waals surface area contributed by atoms with Gasteiger partial charge in [0.1, 0.15) is 0 Å². The van der Waals surface area contributed by atoms with Gasteiger partial charge in [-0.25, -0.2) is 0 Å². The van der Waals surface area contributed by atoms with E-state index in [1.165, 1.54) is 0 Å². The lowest BCUT2D eigenvalue weighted by Crippen LogP contribution is -2.23. The highest BCUT2D eigenvalue weighted by Crippen LogP contribution is 2.30. The molecule has 1 aromatic rings. The van der Waals surface area contributed by atoms with Gasteiger partial charge in [0.05, 0.1) is 0 Å². The average molecular weight is 223 g/mol. The van der Waals surface area contributed by atoms with Gasteiger partial charge in [-0.15, -0.1) is 11.6 Å². The molecular weight excluding hydrogens is 208 g/mol. The summed E-state index contributed by atoms with van der Waals surface area (Å²) in [4.78, 5) is 12.1. The molecule has 0 radical (unpaired) electrons. The van der Waals surface area contributed by atoms with E-state index in [1.807, 2.05) is 30.3 Å². The topological polar surface area (TPSA) is 17.1 Å². The highest BCUT2D eigenvalue weighted by molar-refractivity contribution is 6.20. The first-order valence-electron chi connectivity index (χ1n) is 5.50. The summed E-state index contributed by atoms with van der Waals surface area (Å²) in [5, 5.41) is 0.191. The predicted molar refractivity (Wildman–Crippen MR) is 62.4 cm³/mol. The lowest BCUT2D eigenvalue weighted by molar-refractivity contribution is 0.0891. The van der Waals surface area contributed by atoms with E-state index < -0.39 is 0 Å². The standard InChI is InChI=1S/C13H15ClO/c14-12-8-4-7-11(9-12)13(15)10-5-2-1-3-6-10/h1-3,5-6,11-12H,4,7-9H2. The molecule has 0 heterocycles. The van der Waals surface area contributed by atoms with Crippen molar-refractivity contribution in [1.82, 2.24) is 0 Å². The summed E-state index contributed by atoms with van der Waals surface area (Å²) in [5.74, 6) is 0.407. The second-order valence-corrected chi connectivity index (χ2v) is 4.81. The Morgan fingerprint density at radius 1 is 1.20 bits per heavy atom. The van der Waals surface area contributed by atoms with Crippen molar-refractivity contribution in [3.8, 4) is 0 Å². The Bertz CT molecular complexity index is 334. The van der Waals surface area contributed by atoms with Crippen LogP contribution in [0.15, 0.2) is 30.3 Å². The number of rotatable bonds is 2. The quantitative estimate of drug-likeness (QED) is 0.551. The second kappa shape index (κ2) is 4.80. The van der Waals surface area contributed by atoms with Gasteiger partial charge in [0.15, 0.2) is 5.78 Å². The summed E-state index contributed by atoms with van der Waals surface area (Å²) in [7, 11) is 0. The molecule has 2 heteroatoms. The van der Waals surface area contributed by atoms with Crippen LogP contribution in [0.5, 0.6) is 0 Å². The summed E-state index contributed by atoms with van der Waals surface area (Å²) >= 11 is 6.09. The van der Waals surface area contributed by atoms with Crippen LogP contribution in [0.1, 0.15) is 36.0 Å². The summed E-state index contributed by atoms with van der Waals surface area (Å²) < 4.78 is 0. The van der Waals surface area contributed by atoms with E-state index in [4.69, 9.17) is 11.6 Å². The second-order valence-electron chi connectivity index (χ2n) is 4.19. The highest BCUT2D eigenvalue weighted by Gasteiger charge is 2.26.